The Hall–Kier alpha value is -3.02. The lowest BCUT2D eigenvalue weighted by molar-refractivity contribution is -0.126. The Labute approximate surface area is 158 Å². The van der Waals surface area contributed by atoms with Gasteiger partial charge in [-0.1, -0.05) is 25.1 Å². The number of hydrogen-bond acceptors (Lipinski definition) is 4. The molecule has 1 fully saturated rings. The van der Waals surface area contributed by atoms with Crippen molar-refractivity contribution in [3.63, 3.8) is 0 Å². The second-order valence-electron chi connectivity index (χ2n) is 6.83. The second kappa shape index (κ2) is 7.31. The van der Waals surface area contributed by atoms with Crippen molar-refractivity contribution < 1.29 is 19.1 Å². The fraction of sp³-hybridized carbons (Fsp3) is 0.333. The Bertz CT molecular complexity index is 880. The van der Waals surface area contributed by atoms with Gasteiger partial charge < -0.3 is 19.7 Å². The molecule has 0 aromatic heterocycles. The van der Waals surface area contributed by atoms with Crippen LogP contribution in [0.3, 0.4) is 0 Å². The molecule has 2 amide bonds. The lowest BCUT2D eigenvalue weighted by Crippen LogP contribution is -2.32. The van der Waals surface area contributed by atoms with Crippen LogP contribution in [0.25, 0.3) is 0 Å². The van der Waals surface area contributed by atoms with Crippen LogP contribution in [0.4, 0.5) is 5.69 Å². The zero-order valence-electron chi connectivity index (χ0n) is 15.2. The summed E-state index contributed by atoms with van der Waals surface area (Å²) < 4.78 is 10.6. The van der Waals surface area contributed by atoms with E-state index in [1.807, 2.05) is 42.5 Å². The van der Waals surface area contributed by atoms with E-state index < -0.39 is 0 Å². The number of anilines is 1. The van der Waals surface area contributed by atoms with Gasteiger partial charge in [0.2, 0.25) is 18.6 Å². The zero-order chi connectivity index (χ0) is 18.8. The van der Waals surface area contributed by atoms with Crippen LogP contribution in [0.15, 0.2) is 42.5 Å². The highest BCUT2D eigenvalue weighted by atomic mass is 16.7. The molecule has 0 spiro atoms. The molecule has 1 saturated heterocycles. The number of benzene rings is 2. The highest BCUT2D eigenvalue weighted by Gasteiger charge is 2.35. The Kier molecular flexibility index (Phi) is 4.71. The first-order valence-electron chi connectivity index (χ1n) is 9.19. The number of rotatable bonds is 5. The molecule has 1 N–H and O–H groups in total. The van der Waals surface area contributed by atoms with Crippen molar-refractivity contribution in [1.82, 2.24) is 5.32 Å². The van der Waals surface area contributed by atoms with Crippen LogP contribution in [0.1, 0.15) is 24.5 Å². The van der Waals surface area contributed by atoms with E-state index in [0.717, 1.165) is 23.4 Å². The average Bonchev–Trinajstić information content (AvgIpc) is 3.32. The molecular weight excluding hydrogens is 344 g/mol. The van der Waals surface area contributed by atoms with Crippen molar-refractivity contribution in [2.45, 2.75) is 26.3 Å². The molecule has 0 radical (unpaired) electrons. The molecule has 6 nitrogen and oxygen atoms in total. The summed E-state index contributed by atoms with van der Waals surface area (Å²) in [5.74, 6) is 0.967. The summed E-state index contributed by atoms with van der Waals surface area (Å²) in [5.41, 5.74) is 2.98. The highest BCUT2D eigenvalue weighted by molar-refractivity contribution is 6.00. The number of ether oxygens (including phenoxy) is 2. The fourth-order valence-electron chi connectivity index (χ4n) is 3.46. The van der Waals surface area contributed by atoms with Crippen molar-refractivity contribution in [3.05, 3.63) is 53.6 Å². The number of nitrogens with zero attached hydrogens (tertiary/aromatic N) is 1. The van der Waals surface area contributed by atoms with Gasteiger partial charge in [0.05, 0.1) is 5.92 Å². The molecule has 0 aliphatic carbocycles. The van der Waals surface area contributed by atoms with Gasteiger partial charge in [-0.2, -0.15) is 0 Å². The van der Waals surface area contributed by atoms with Crippen molar-refractivity contribution in [1.29, 1.82) is 0 Å². The molecule has 1 unspecified atom stereocenters. The van der Waals surface area contributed by atoms with Gasteiger partial charge in [0, 0.05) is 25.2 Å². The quantitative estimate of drug-likeness (QED) is 0.883. The third-order valence-electron chi connectivity index (χ3n) is 5.03. The van der Waals surface area contributed by atoms with Crippen molar-refractivity contribution in [3.8, 4) is 11.5 Å². The van der Waals surface area contributed by atoms with Gasteiger partial charge in [-0.15, -0.1) is 0 Å². The Morgan fingerprint density at radius 1 is 1.15 bits per heavy atom. The Morgan fingerprint density at radius 3 is 2.85 bits per heavy atom. The standard InChI is InChI=1S/C21H22N2O4/c1-2-14-4-3-5-17(8-14)23-12-16(10-20(23)24)21(25)22-11-15-6-7-18-19(9-15)27-13-26-18/h3-9,16H,2,10-13H2,1H3,(H,22,25). The molecule has 140 valence electrons. The Morgan fingerprint density at radius 2 is 2.00 bits per heavy atom. The summed E-state index contributed by atoms with van der Waals surface area (Å²) in [5, 5.41) is 2.93. The normalized spacial score (nSPS) is 18.0. The number of amides is 2. The summed E-state index contributed by atoms with van der Waals surface area (Å²) in [6.45, 7) is 3.12. The molecule has 1 atom stereocenters. The summed E-state index contributed by atoms with van der Waals surface area (Å²) in [6.07, 6.45) is 1.15. The summed E-state index contributed by atoms with van der Waals surface area (Å²) in [4.78, 5) is 26.7. The minimum atomic E-state index is -0.336. The van der Waals surface area contributed by atoms with Gasteiger partial charge >= 0.3 is 0 Å². The van der Waals surface area contributed by atoms with Crippen LogP contribution in [-0.4, -0.2) is 25.2 Å². The van der Waals surface area contributed by atoms with E-state index in [9.17, 15) is 9.59 Å². The van der Waals surface area contributed by atoms with E-state index in [-0.39, 0.29) is 30.9 Å². The molecule has 0 bridgehead atoms. The van der Waals surface area contributed by atoms with E-state index in [1.54, 1.807) is 4.90 Å². The van der Waals surface area contributed by atoms with Crippen molar-refractivity contribution in [2.75, 3.05) is 18.2 Å². The lowest BCUT2D eigenvalue weighted by Gasteiger charge is -2.17. The van der Waals surface area contributed by atoms with E-state index in [0.29, 0.717) is 18.8 Å². The first-order valence-corrected chi connectivity index (χ1v) is 9.19. The molecule has 4 rings (SSSR count). The molecule has 2 heterocycles. The highest BCUT2D eigenvalue weighted by Crippen LogP contribution is 2.32. The fourth-order valence-corrected chi connectivity index (χ4v) is 3.46. The minimum absolute atomic E-state index is 0.00789. The van der Waals surface area contributed by atoms with E-state index >= 15 is 0 Å². The third kappa shape index (κ3) is 3.60. The van der Waals surface area contributed by atoms with Crippen LogP contribution in [0.2, 0.25) is 0 Å². The number of carbonyl (C=O) groups is 2. The molecule has 2 aliphatic rings. The van der Waals surface area contributed by atoms with Gasteiger partial charge in [0.25, 0.3) is 0 Å². The first-order chi connectivity index (χ1) is 13.1. The number of carbonyl (C=O) groups excluding carboxylic acids is 2. The minimum Gasteiger partial charge on any atom is -0.454 e. The topological polar surface area (TPSA) is 67.9 Å². The lowest BCUT2D eigenvalue weighted by atomic mass is 10.1. The molecule has 0 saturated carbocycles. The van der Waals surface area contributed by atoms with Crippen LogP contribution in [0, 0.1) is 5.92 Å². The predicted molar refractivity (Wildman–Crippen MR) is 101 cm³/mol. The zero-order valence-corrected chi connectivity index (χ0v) is 15.2. The smallest absolute Gasteiger partial charge is 0.231 e. The number of hydrogen-bond donors (Lipinski definition) is 1. The van der Waals surface area contributed by atoms with E-state index in [1.165, 1.54) is 5.56 Å². The molecule has 6 heteroatoms. The second-order valence-corrected chi connectivity index (χ2v) is 6.83. The maximum Gasteiger partial charge on any atom is 0.231 e. The SMILES string of the molecule is CCc1cccc(N2CC(C(=O)NCc3ccc4c(c3)OCO4)CC2=O)c1. The van der Waals surface area contributed by atoms with Crippen LogP contribution < -0.4 is 19.7 Å². The molecule has 2 aromatic carbocycles. The monoisotopic (exact) mass is 366 g/mol. The number of fused-ring (bicyclic) bond motifs is 1. The largest absolute Gasteiger partial charge is 0.454 e. The van der Waals surface area contributed by atoms with Gasteiger partial charge in [0.1, 0.15) is 0 Å². The van der Waals surface area contributed by atoms with Crippen molar-refractivity contribution in [2.24, 2.45) is 5.92 Å². The predicted octanol–water partition coefficient (Wildman–Crippen LogP) is 2.65. The number of aryl methyl sites for hydroxylation is 1. The number of nitrogens with one attached hydrogen (secondary N) is 1. The maximum atomic E-state index is 12.6. The average molecular weight is 366 g/mol. The summed E-state index contributed by atoms with van der Waals surface area (Å²) in [7, 11) is 0. The summed E-state index contributed by atoms with van der Waals surface area (Å²) >= 11 is 0. The van der Waals surface area contributed by atoms with Crippen molar-refractivity contribution >= 4 is 17.5 Å². The molecular formula is C21H22N2O4. The van der Waals surface area contributed by atoms with Gasteiger partial charge in [-0.3, -0.25) is 9.59 Å². The van der Waals surface area contributed by atoms with Crippen LogP contribution >= 0.6 is 0 Å². The third-order valence-corrected chi connectivity index (χ3v) is 5.03. The van der Waals surface area contributed by atoms with Crippen LogP contribution in [0.5, 0.6) is 11.5 Å². The molecule has 27 heavy (non-hydrogen) atoms. The summed E-state index contributed by atoms with van der Waals surface area (Å²) in [6, 6.07) is 13.5. The molecule has 2 aromatic rings. The maximum absolute atomic E-state index is 12.6. The Balaban J connectivity index is 1.37. The van der Waals surface area contributed by atoms with Gasteiger partial charge in [0.15, 0.2) is 11.5 Å². The molecule has 2 aliphatic heterocycles. The van der Waals surface area contributed by atoms with Crippen LogP contribution in [-0.2, 0) is 22.6 Å². The van der Waals surface area contributed by atoms with E-state index in [2.05, 4.69) is 12.2 Å². The van der Waals surface area contributed by atoms with Gasteiger partial charge in [-0.25, -0.2) is 0 Å². The van der Waals surface area contributed by atoms with Gasteiger partial charge in [-0.05, 0) is 41.8 Å². The first kappa shape index (κ1) is 17.4. The van der Waals surface area contributed by atoms with E-state index in [4.69, 9.17) is 9.47 Å².